The summed E-state index contributed by atoms with van der Waals surface area (Å²) in [5.74, 6) is -0.286. The van der Waals surface area contributed by atoms with Crippen LogP contribution in [0.2, 0.25) is 0 Å². The van der Waals surface area contributed by atoms with Crippen molar-refractivity contribution < 1.29 is 12.8 Å². The van der Waals surface area contributed by atoms with Crippen LogP contribution in [0, 0.1) is 19.7 Å². The standard InChI is InChI=1S/C18H16FN3O2S3/c1-11-3-8-17(25-11)27(23,24)20-9-16-12(2)22-10-15(21-18(22)26-16)13-4-6-14(19)7-5-13/h3-8,10,20H,9H2,1-2H3. The topological polar surface area (TPSA) is 63.5 Å². The molecule has 5 nitrogen and oxygen atoms in total. The largest absolute Gasteiger partial charge is 0.294 e. The van der Waals surface area contributed by atoms with Crippen molar-refractivity contribution in [3.05, 3.63) is 63.9 Å². The number of sulfonamides is 1. The Morgan fingerprint density at radius 2 is 1.85 bits per heavy atom. The fraction of sp³-hybridized carbons (Fsp3) is 0.167. The summed E-state index contributed by atoms with van der Waals surface area (Å²) in [6.07, 6.45) is 1.88. The zero-order chi connectivity index (χ0) is 19.2. The Hall–Kier alpha value is -2.07. The second-order valence-corrected chi connectivity index (χ2v) is 10.4. The summed E-state index contributed by atoms with van der Waals surface area (Å²) >= 11 is 2.69. The van der Waals surface area contributed by atoms with Gasteiger partial charge in [0.1, 0.15) is 10.0 Å². The maximum atomic E-state index is 13.1. The lowest BCUT2D eigenvalue weighted by Crippen LogP contribution is -2.22. The number of nitrogens with one attached hydrogen (secondary N) is 1. The zero-order valence-corrected chi connectivity index (χ0v) is 17.0. The molecule has 0 radical (unpaired) electrons. The highest BCUT2D eigenvalue weighted by molar-refractivity contribution is 7.91. The van der Waals surface area contributed by atoms with E-state index in [2.05, 4.69) is 9.71 Å². The molecule has 4 rings (SSSR count). The number of aromatic nitrogens is 2. The average molecular weight is 422 g/mol. The molecule has 140 valence electrons. The maximum absolute atomic E-state index is 13.1. The number of halogens is 1. The summed E-state index contributed by atoms with van der Waals surface area (Å²) < 4.78 is 42.8. The van der Waals surface area contributed by atoms with Gasteiger partial charge in [-0.3, -0.25) is 4.40 Å². The number of fused-ring (bicyclic) bond motifs is 1. The Balaban J connectivity index is 1.57. The molecule has 0 fully saturated rings. The maximum Gasteiger partial charge on any atom is 0.250 e. The third kappa shape index (κ3) is 3.55. The van der Waals surface area contributed by atoms with E-state index in [1.165, 1.54) is 34.8 Å². The number of imidazole rings is 1. The molecule has 0 bridgehead atoms. The quantitative estimate of drug-likeness (QED) is 0.521. The SMILES string of the molecule is Cc1ccc(S(=O)(=O)NCc2sc3nc(-c4ccc(F)cc4)cn3c2C)s1. The molecule has 0 aliphatic rings. The van der Waals surface area contributed by atoms with Crippen molar-refractivity contribution in [3.63, 3.8) is 0 Å². The molecule has 9 heteroatoms. The highest BCUT2D eigenvalue weighted by atomic mass is 32.2. The van der Waals surface area contributed by atoms with Crippen LogP contribution in [0.25, 0.3) is 16.2 Å². The number of thiazole rings is 1. The molecule has 1 N–H and O–H groups in total. The van der Waals surface area contributed by atoms with Gasteiger partial charge in [0.15, 0.2) is 4.96 Å². The minimum absolute atomic E-state index is 0.213. The number of thiophene rings is 1. The number of hydrogen-bond acceptors (Lipinski definition) is 5. The minimum atomic E-state index is -3.52. The minimum Gasteiger partial charge on any atom is -0.294 e. The smallest absolute Gasteiger partial charge is 0.250 e. The van der Waals surface area contributed by atoms with Crippen molar-refractivity contribution in [2.75, 3.05) is 0 Å². The van der Waals surface area contributed by atoms with Gasteiger partial charge in [0.2, 0.25) is 10.0 Å². The third-order valence-corrected chi connectivity index (χ3v) is 8.25. The van der Waals surface area contributed by atoms with Gasteiger partial charge in [-0.1, -0.05) is 11.3 Å². The van der Waals surface area contributed by atoms with Crippen LogP contribution >= 0.6 is 22.7 Å². The van der Waals surface area contributed by atoms with Crippen molar-refractivity contribution in [3.8, 4) is 11.3 Å². The van der Waals surface area contributed by atoms with Crippen LogP contribution in [0.5, 0.6) is 0 Å². The second-order valence-electron chi connectivity index (χ2n) is 6.09. The Labute approximate surface area is 164 Å². The van der Waals surface area contributed by atoms with E-state index in [1.807, 2.05) is 24.4 Å². The van der Waals surface area contributed by atoms with E-state index < -0.39 is 10.0 Å². The molecule has 0 saturated carbocycles. The third-order valence-electron chi connectivity index (χ3n) is 4.20. The van der Waals surface area contributed by atoms with Gasteiger partial charge < -0.3 is 0 Å². The first-order valence-electron chi connectivity index (χ1n) is 8.13. The Morgan fingerprint density at radius 3 is 2.48 bits per heavy atom. The molecule has 1 aromatic carbocycles. The molecular weight excluding hydrogens is 405 g/mol. The summed E-state index contributed by atoms with van der Waals surface area (Å²) in [6, 6.07) is 9.60. The zero-order valence-electron chi connectivity index (χ0n) is 14.6. The normalized spacial score (nSPS) is 12.1. The molecule has 3 heterocycles. The predicted molar refractivity (Wildman–Crippen MR) is 106 cm³/mol. The number of benzene rings is 1. The number of aryl methyl sites for hydroxylation is 2. The van der Waals surface area contributed by atoms with Crippen LogP contribution in [-0.4, -0.2) is 17.8 Å². The van der Waals surface area contributed by atoms with Gasteiger partial charge >= 0.3 is 0 Å². The molecule has 4 aromatic rings. The van der Waals surface area contributed by atoms with Gasteiger partial charge in [-0.2, -0.15) is 0 Å². The van der Waals surface area contributed by atoms with Crippen molar-refractivity contribution >= 4 is 37.7 Å². The fourth-order valence-corrected chi connectivity index (χ4v) is 6.16. The van der Waals surface area contributed by atoms with Crippen LogP contribution in [0.3, 0.4) is 0 Å². The molecule has 0 aliphatic heterocycles. The average Bonchev–Trinajstić information content (AvgIpc) is 3.31. The van der Waals surface area contributed by atoms with E-state index in [9.17, 15) is 12.8 Å². The van der Waals surface area contributed by atoms with E-state index in [4.69, 9.17) is 0 Å². The van der Waals surface area contributed by atoms with Crippen LogP contribution < -0.4 is 4.72 Å². The second kappa shape index (κ2) is 6.83. The van der Waals surface area contributed by atoms with Gasteiger partial charge in [0, 0.05) is 33.8 Å². The molecule has 0 unspecified atom stereocenters. The molecule has 0 aliphatic carbocycles. The lowest BCUT2D eigenvalue weighted by Gasteiger charge is -2.04. The molecule has 0 amide bonds. The van der Waals surface area contributed by atoms with Gasteiger partial charge in [0.25, 0.3) is 0 Å². The highest BCUT2D eigenvalue weighted by Crippen LogP contribution is 2.28. The Morgan fingerprint density at radius 1 is 1.11 bits per heavy atom. The summed E-state index contributed by atoms with van der Waals surface area (Å²) in [6.45, 7) is 4.02. The molecule has 0 atom stereocenters. The highest BCUT2D eigenvalue weighted by Gasteiger charge is 2.18. The molecule has 0 saturated heterocycles. The fourth-order valence-electron chi connectivity index (χ4n) is 2.71. The lowest BCUT2D eigenvalue weighted by atomic mass is 10.2. The summed E-state index contributed by atoms with van der Waals surface area (Å²) in [4.78, 5) is 7.21. The van der Waals surface area contributed by atoms with E-state index in [0.717, 1.165) is 31.7 Å². The van der Waals surface area contributed by atoms with Gasteiger partial charge in [-0.05, 0) is 50.2 Å². The van der Waals surface area contributed by atoms with E-state index in [0.29, 0.717) is 4.21 Å². The van der Waals surface area contributed by atoms with Crippen molar-refractivity contribution in [2.24, 2.45) is 0 Å². The van der Waals surface area contributed by atoms with Crippen molar-refractivity contribution in [1.29, 1.82) is 0 Å². The predicted octanol–water partition coefficient (Wildman–Crippen LogP) is 4.36. The molecule has 0 spiro atoms. The van der Waals surface area contributed by atoms with Crippen molar-refractivity contribution in [1.82, 2.24) is 14.1 Å². The van der Waals surface area contributed by atoms with Crippen LogP contribution in [-0.2, 0) is 16.6 Å². The molecule has 27 heavy (non-hydrogen) atoms. The lowest BCUT2D eigenvalue weighted by molar-refractivity contribution is 0.583. The van der Waals surface area contributed by atoms with E-state index in [-0.39, 0.29) is 12.4 Å². The first-order valence-corrected chi connectivity index (χ1v) is 11.2. The summed E-state index contributed by atoms with van der Waals surface area (Å²) in [5, 5.41) is 0. The van der Waals surface area contributed by atoms with Crippen LogP contribution in [0.15, 0.2) is 46.8 Å². The molecular formula is C18H16FN3O2S3. The van der Waals surface area contributed by atoms with Gasteiger partial charge in [-0.15, -0.1) is 11.3 Å². The number of hydrogen-bond donors (Lipinski definition) is 1. The summed E-state index contributed by atoms with van der Waals surface area (Å²) in [5.41, 5.74) is 2.52. The van der Waals surface area contributed by atoms with E-state index in [1.54, 1.807) is 24.3 Å². The Kier molecular flexibility index (Phi) is 4.63. The monoisotopic (exact) mass is 421 g/mol. The van der Waals surface area contributed by atoms with Crippen molar-refractivity contribution in [2.45, 2.75) is 24.6 Å². The Bertz CT molecular complexity index is 1220. The summed E-state index contributed by atoms with van der Waals surface area (Å²) in [7, 11) is -3.52. The van der Waals surface area contributed by atoms with Crippen LogP contribution in [0.1, 0.15) is 15.4 Å². The first-order chi connectivity index (χ1) is 12.8. The van der Waals surface area contributed by atoms with Gasteiger partial charge in [0.05, 0.1) is 5.69 Å². The number of rotatable bonds is 5. The first kappa shape index (κ1) is 18.3. The van der Waals surface area contributed by atoms with Crippen LogP contribution in [0.4, 0.5) is 4.39 Å². The van der Waals surface area contributed by atoms with Gasteiger partial charge in [-0.25, -0.2) is 22.5 Å². The molecule has 3 aromatic heterocycles. The number of nitrogens with zero attached hydrogens (tertiary/aromatic N) is 2. The van der Waals surface area contributed by atoms with E-state index >= 15 is 0 Å².